The van der Waals surface area contributed by atoms with Gasteiger partial charge in [-0.1, -0.05) is 5.57 Å². The molecule has 1 aliphatic rings. The van der Waals surface area contributed by atoms with Crippen molar-refractivity contribution in [2.45, 2.75) is 25.7 Å². The summed E-state index contributed by atoms with van der Waals surface area (Å²) < 4.78 is 4.85. The highest BCUT2D eigenvalue weighted by Crippen LogP contribution is 2.28. The molecule has 0 spiro atoms. The van der Waals surface area contributed by atoms with Gasteiger partial charge in [0.25, 0.3) is 0 Å². The molecule has 0 aromatic heterocycles. The van der Waals surface area contributed by atoms with Gasteiger partial charge in [0.15, 0.2) is 0 Å². The first-order chi connectivity index (χ1) is 8.13. The fraction of sp³-hybridized carbons (Fsp3) is 0.667. The Balaban J connectivity index is 2.31. The van der Waals surface area contributed by atoms with Crippen LogP contribution in [0.25, 0.3) is 0 Å². The molecule has 0 aliphatic heterocycles. The van der Waals surface area contributed by atoms with E-state index in [4.69, 9.17) is 9.84 Å². The van der Waals surface area contributed by atoms with E-state index in [9.17, 15) is 9.59 Å². The second-order valence-corrected chi connectivity index (χ2v) is 4.20. The Hall–Kier alpha value is -1.36. The highest BCUT2D eigenvalue weighted by molar-refractivity contribution is 5.81. The van der Waals surface area contributed by atoms with Gasteiger partial charge in [0, 0.05) is 25.6 Å². The number of allylic oxidation sites excluding steroid dienone is 1. The Kier molecular flexibility index (Phi) is 5.69. The molecule has 0 bridgehead atoms. The van der Waals surface area contributed by atoms with Crippen LogP contribution in [0.5, 0.6) is 0 Å². The Morgan fingerprint density at radius 2 is 2.12 bits per heavy atom. The summed E-state index contributed by atoms with van der Waals surface area (Å²) in [7, 11) is 1.59. The minimum Gasteiger partial charge on any atom is -0.478 e. The van der Waals surface area contributed by atoms with Gasteiger partial charge in [-0.25, -0.2) is 4.79 Å². The third-order valence-electron chi connectivity index (χ3n) is 2.93. The van der Waals surface area contributed by atoms with Crippen molar-refractivity contribution in [2.75, 3.05) is 20.3 Å². The van der Waals surface area contributed by atoms with E-state index in [1.807, 2.05) is 0 Å². The Labute approximate surface area is 101 Å². The average molecular weight is 241 g/mol. The molecule has 0 saturated heterocycles. The molecular formula is C12H19NO4. The third kappa shape index (κ3) is 4.99. The van der Waals surface area contributed by atoms with Crippen molar-refractivity contribution in [3.05, 3.63) is 11.6 Å². The number of carbonyl (C=O) groups is 2. The fourth-order valence-corrected chi connectivity index (χ4v) is 1.99. The van der Waals surface area contributed by atoms with Gasteiger partial charge in [-0.15, -0.1) is 0 Å². The van der Waals surface area contributed by atoms with Crippen LogP contribution in [0.4, 0.5) is 0 Å². The molecule has 0 atom stereocenters. The molecule has 0 radical (unpaired) electrons. The maximum atomic E-state index is 11.7. The van der Waals surface area contributed by atoms with Crippen molar-refractivity contribution in [1.29, 1.82) is 0 Å². The molecule has 5 heteroatoms. The number of carbonyl (C=O) groups excluding carboxylic acids is 1. The number of rotatable bonds is 5. The summed E-state index contributed by atoms with van der Waals surface area (Å²) in [6, 6.07) is 0. The number of carboxylic acid groups (broad SMARTS) is 1. The lowest BCUT2D eigenvalue weighted by Gasteiger charge is -2.22. The molecule has 0 unspecified atom stereocenters. The highest BCUT2D eigenvalue weighted by Gasteiger charge is 2.23. The molecular weight excluding hydrogens is 222 g/mol. The van der Waals surface area contributed by atoms with E-state index in [0.29, 0.717) is 26.0 Å². The molecule has 96 valence electrons. The number of ether oxygens (including phenoxy) is 1. The molecule has 1 rings (SSSR count). The van der Waals surface area contributed by atoms with Crippen molar-refractivity contribution < 1.29 is 19.4 Å². The molecule has 2 N–H and O–H groups in total. The topological polar surface area (TPSA) is 75.6 Å². The first-order valence-electron chi connectivity index (χ1n) is 5.82. The number of nitrogens with one attached hydrogen (secondary N) is 1. The lowest BCUT2D eigenvalue weighted by molar-refractivity contribution is -0.131. The zero-order valence-corrected chi connectivity index (χ0v) is 10.1. The van der Waals surface area contributed by atoms with Gasteiger partial charge in [-0.2, -0.15) is 0 Å². The Bertz CT molecular complexity index is 302. The largest absolute Gasteiger partial charge is 0.478 e. The predicted octanol–water partition coefficient (Wildman–Crippen LogP) is 0.950. The zero-order chi connectivity index (χ0) is 12.7. The van der Waals surface area contributed by atoms with Gasteiger partial charge >= 0.3 is 5.97 Å². The smallest absolute Gasteiger partial charge is 0.328 e. The lowest BCUT2D eigenvalue weighted by atomic mass is 9.85. The highest BCUT2D eigenvalue weighted by atomic mass is 16.5. The van der Waals surface area contributed by atoms with E-state index in [-0.39, 0.29) is 11.8 Å². The van der Waals surface area contributed by atoms with Gasteiger partial charge in [0.2, 0.25) is 5.91 Å². The first-order valence-corrected chi connectivity index (χ1v) is 5.82. The minimum absolute atomic E-state index is 0.0119. The Morgan fingerprint density at radius 3 is 2.65 bits per heavy atom. The van der Waals surface area contributed by atoms with E-state index in [1.165, 1.54) is 6.08 Å². The van der Waals surface area contributed by atoms with Crippen LogP contribution in [0.2, 0.25) is 0 Å². The Morgan fingerprint density at radius 1 is 1.47 bits per heavy atom. The molecule has 1 saturated carbocycles. The molecule has 0 aromatic carbocycles. The molecule has 17 heavy (non-hydrogen) atoms. The quantitative estimate of drug-likeness (QED) is 0.555. The molecule has 1 amide bonds. The van der Waals surface area contributed by atoms with Crippen LogP contribution in [-0.2, 0) is 14.3 Å². The summed E-state index contributed by atoms with van der Waals surface area (Å²) >= 11 is 0. The van der Waals surface area contributed by atoms with Crippen molar-refractivity contribution in [2.24, 2.45) is 5.92 Å². The van der Waals surface area contributed by atoms with Crippen LogP contribution >= 0.6 is 0 Å². The average Bonchev–Trinajstić information content (AvgIpc) is 2.29. The fourth-order valence-electron chi connectivity index (χ4n) is 1.99. The van der Waals surface area contributed by atoms with Crippen LogP contribution in [0.15, 0.2) is 11.6 Å². The summed E-state index contributed by atoms with van der Waals surface area (Å²) in [6.45, 7) is 1.05. The van der Waals surface area contributed by atoms with Crippen molar-refractivity contribution in [1.82, 2.24) is 5.32 Å². The van der Waals surface area contributed by atoms with Crippen molar-refractivity contribution in [3.63, 3.8) is 0 Å². The van der Waals surface area contributed by atoms with E-state index in [0.717, 1.165) is 18.4 Å². The number of hydrogen-bond donors (Lipinski definition) is 2. The maximum Gasteiger partial charge on any atom is 0.328 e. The summed E-state index contributed by atoms with van der Waals surface area (Å²) in [4.78, 5) is 22.2. The number of methoxy groups -OCH3 is 1. The molecule has 0 aromatic rings. The summed E-state index contributed by atoms with van der Waals surface area (Å²) in [5, 5.41) is 11.4. The van der Waals surface area contributed by atoms with E-state index < -0.39 is 5.97 Å². The molecule has 1 aliphatic carbocycles. The van der Waals surface area contributed by atoms with Crippen LogP contribution in [0.1, 0.15) is 25.7 Å². The van der Waals surface area contributed by atoms with Crippen LogP contribution < -0.4 is 5.32 Å². The molecule has 5 nitrogen and oxygen atoms in total. The molecule has 0 heterocycles. The lowest BCUT2D eigenvalue weighted by Crippen LogP contribution is -2.34. The van der Waals surface area contributed by atoms with E-state index in [2.05, 4.69) is 5.32 Å². The predicted molar refractivity (Wildman–Crippen MR) is 62.6 cm³/mol. The van der Waals surface area contributed by atoms with Gasteiger partial charge in [-0.05, 0) is 25.7 Å². The van der Waals surface area contributed by atoms with Crippen molar-refractivity contribution in [3.8, 4) is 0 Å². The molecule has 1 fully saturated rings. The standard InChI is InChI=1S/C12H19NO4/c1-17-7-6-13-12(16)10-4-2-9(3-5-10)8-11(14)15/h8,10H,2-7H2,1H3,(H,13,16)(H,14,15). The summed E-state index contributed by atoms with van der Waals surface area (Å²) in [5.41, 5.74) is 0.929. The zero-order valence-electron chi connectivity index (χ0n) is 10.1. The van der Waals surface area contributed by atoms with Gasteiger partial charge in [0.05, 0.1) is 6.61 Å². The normalized spacial score (nSPS) is 19.8. The van der Waals surface area contributed by atoms with E-state index in [1.54, 1.807) is 7.11 Å². The number of carboxylic acids is 1. The van der Waals surface area contributed by atoms with Crippen LogP contribution in [0.3, 0.4) is 0 Å². The second-order valence-electron chi connectivity index (χ2n) is 4.20. The van der Waals surface area contributed by atoms with Crippen LogP contribution in [-0.4, -0.2) is 37.2 Å². The first kappa shape index (κ1) is 13.7. The van der Waals surface area contributed by atoms with Gasteiger partial charge in [-0.3, -0.25) is 4.79 Å². The van der Waals surface area contributed by atoms with E-state index >= 15 is 0 Å². The number of hydrogen-bond acceptors (Lipinski definition) is 3. The summed E-state index contributed by atoms with van der Waals surface area (Å²) in [6.07, 6.45) is 4.14. The minimum atomic E-state index is -0.900. The number of amides is 1. The third-order valence-corrected chi connectivity index (χ3v) is 2.93. The maximum absolute atomic E-state index is 11.7. The monoisotopic (exact) mass is 241 g/mol. The number of aliphatic carboxylic acids is 1. The SMILES string of the molecule is COCCNC(=O)C1CCC(=CC(=O)O)CC1. The summed E-state index contributed by atoms with van der Waals surface area (Å²) in [5.74, 6) is -0.836. The van der Waals surface area contributed by atoms with Crippen LogP contribution in [0, 0.1) is 5.92 Å². The second kappa shape index (κ2) is 7.06. The van der Waals surface area contributed by atoms with Gasteiger partial charge in [0.1, 0.15) is 0 Å². The van der Waals surface area contributed by atoms with Crippen molar-refractivity contribution >= 4 is 11.9 Å². The van der Waals surface area contributed by atoms with Gasteiger partial charge < -0.3 is 15.2 Å².